The summed E-state index contributed by atoms with van der Waals surface area (Å²) in [5.74, 6) is 0. The van der Waals surface area contributed by atoms with E-state index in [2.05, 4.69) is 25.7 Å². The minimum absolute atomic E-state index is 1.08. The Morgan fingerprint density at radius 3 is 2.27 bits per heavy atom. The molecule has 0 aliphatic rings. The summed E-state index contributed by atoms with van der Waals surface area (Å²) in [5, 5.41) is 0. The Bertz CT molecular complexity index is 180. The molecule has 0 aromatic heterocycles. The Labute approximate surface area is 95.9 Å². The topological polar surface area (TPSA) is 3.24 Å². The Morgan fingerprint density at radius 1 is 1.07 bits per heavy atom. The molecule has 0 bridgehead atoms. The van der Waals surface area contributed by atoms with Gasteiger partial charge in [0.15, 0.2) is 0 Å². The van der Waals surface area contributed by atoms with E-state index >= 15 is 0 Å². The molecule has 1 heteroatoms. The molecule has 0 aromatic carbocycles. The lowest BCUT2D eigenvalue weighted by atomic mass is 10.1. The summed E-state index contributed by atoms with van der Waals surface area (Å²) >= 11 is 0. The first-order chi connectivity index (χ1) is 7.18. The average Bonchev–Trinajstić information content (AvgIpc) is 2.21. The molecular formula is C14H27N. The molecule has 0 saturated heterocycles. The molecule has 0 aliphatic heterocycles. The zero-order chi connectivity index (χ0) is 11.5. The predicted molar refractivity (Wildman–Crippen MR) is 70.0 cm³/mol. The van der Waals surface area contributed by atoms with E-state index in [0.717, 1.165) is 5.70 Å². The normalized spacial score (nSPS) is 10.9. The van der Waals surface area contributed by atoms with Crippen LogP contribution in [0.2, 0.25) is 0 Å². The van der Waals surface area contributed by atoms with Gasteiger partial charge in [0.25, 0.3) is 0 Å². The van der Waals surface area contributed by atoms with E-state index in [0.29, 0.717) is 0 Å². The molecule has 0 spiro atoms. The van der Waals surface area contributed by atoms with E-state index in [-0.39, 0.29) is 0 Å². The first-order valence-electron chi connectivity index (χ1n) is 6.21. The Kier molecular flexibility index (Phi) is 9.35. The van der Waals surface area contributed by atoms with Gasteiger partial charge in [-0.05, 0) is 18.9 Å². The van der Waals surface area contributed by atoms with E-state index in [1.54, 1.807) is 0 Å². The molecule has 0 saturated carbocycles. The summed E-state index contributed by atoms with van der Waals surface area (Å²) in [6.45, 7) is 6.21. The quantitative estimate of drug-likeness (QED) is 0.402. The largest absolute Gasteiger partial charge is 0.378 e. The van der Waals surface area contributed by atoms with Crippen molar-refractivity contribution < 1.29 is 0 Å². The van der Waals surface area contributed by atoms with Crippen molar-refractivity contribution in [1.29, 1.82) is 0 Å². The molecule has 0 unspecified atom stereocenters. The van der Waals surface area contributed by atoms with Gasteiger partial charge in [-0.1, -0.05) is 51.7 Å². The van der Waals surface area contributed by atoms with Crippen molar-refractivity contribution in [2.75, 3.05) is 14.1 Å². The van der Waals surface area contributed by atoms with Crippen molar-refractivity contribution in [2.45, 2.75) is 51.9 Å². The van der Waals surface area contributed by atoms with Gasteiger partial charge in [-0.3, -0.25) is 0 Å². The van der Waals surface area contributed by atoms with Crippen LogP contribution in [0.4, 0.5) is 0 Å². The van der Waals surface area contributed by atoms with Crippen molar-refractivity contribution in [3.8, 4) is 0 Å². The molecule has 0 radical (unpaired) electrons. The summed E-state index contributed by atoms with van der Waals surface area (Å²) in [6, 6.07) is 0. The zero-order valence-electron chi connectivity index (χ0n) is 10.8. The molecule has 0 aliphatic carbocycles. The minimum atomic E-state index is 1.08. The maximum Gasteiger partial charge on any atom is 0.0284 e. The van der Waals surface area contributed by atoms with E-state index in [4.69, 9.17) is 0 Å². The molecule has 0 heterocycles. The van der Waals surface area contributed by atoms with Gasteiger partial charge in [0.2, 0.25) is 0 Å². The molecular weight excluding hydrogens is 182 g/mol. The van der Waals surface area contributed by atoms with Gasteiger partial charge in [-0.25, -0.2) is 0 Å². The molecule has 88 valence electrons. The highest BCUT2D eigenvalue weighted by molar-refractivity contribution is 5.11. The number of likely N-dealkylation sites (N-methyl/N-ethyl adjacent to an activating group) is 1. The fourth-order valence-corrected chi connectivity index (χ4v) is 1.41. The molecule has 0 amide bonds. The summed E-state index contributed by atoms with van der Waals surface area (Å²) in [4.78, 5) is 2.04. The van der Waals surface area contributed by atoms with Crippen molar-refractivity contribution >= 4 is 0 Å². The van der Waals surface area contributed by atoms with Crippen LogP contribution in [0.15, 0.2) is 24.4 Å². The molecule has 0 fully saturated rings. The second-order valence-electron chi connectivity index (χ2n) is 4.34. The predicted octanol–water partition coefficient (Wildman–Crippen LogP) is 4.37. The SMILES string of the molecule is C=C(C=CCCCCCCCC)N(C)C. The van der Waals surface area contributed by atoms with Gasteiger partial charge in [0.1, 0.15) is 0 Å². The van der Waals surface area contributed by atoms with E-state index < -0.39 is 0 Å². The first-order valence-corrected chi connectivity index (χ1v) is 6.21. The van der Waals surface area contributed by atoms with Crippen LogP contribution in [0.5, 0.6) is 0 Å². The number of nitrogens with zero attached hydrogens (tertiary/aromatic N) is 1. The number of hydrogen-bond donors (Lipinski definition) is 0. The van der Waals surface area contributed by atoms with Crippen LogP contribution < -0.4 is 0 Å². The fourth-order valence-electron chi connectivity index (χ4n) is 1.41. The van der Waals surface area contributed by atoms with Gasteiger partial charge in [-0.2, -0.15) is 0 Å². The van der Waals surface area contributed by atoms with Gasteiger partial charge >= 0.3 is 0 Å². The van der Waals surface area contributed by atoms with Crippen LogP contribution in [0.25, 0.3) is 0 Å². The maximum absolute atomic E-state index is 3.95. The maximum atomic E-state index is 3.95. The Morgan fingerprint density at radius 2 is 1.67 bits per heavy atom. The molecule has 1 nitrogen and oxygen atoms in total. The molecule has 0 aromatic rings. The number of rotatable bonds is 9. The van der Waals surface area contributed by atoms with Crippen LogP contribution in [0.1, 0.15) is 51.9 Å². The summed E-state index contributed by atoms with van der Waals surface area (Å²) < 4.78 is 0. The third-order valence-electron chi connectivity index (χ3n) is 2.61. The smallest absolute Gasteiger partial charge is 0.0284 e. The summed E-state index contributed by atoms with van der Waals surface area (Å²) in [7, 11) is 4.05. The Hall–Kier alpha value is -0.720. The van der Waals surface area contributed by atoms with Gasteiger partial charge in [0, 0.05) is 19.8 Å². The third kappa shape index (κ3) is 9.58. The van der Waals surface area contributed by atoms with E-state index in [1.807, 2.05) is 19.0 Å². The van der Waals surface area contributed by atoms with Gasteiger partial charge in [0.05, 0.1) is 0 Å². The second kappa shape index (κ2) is 9.82. The van der Waals surface area contributed by atoms with Crippen LogP contribution in [-0.2, 0) is 0 Å². The van der Waals surface area contributed by atoms with Crippen molar-refractivity contribution in [2.24, 2.45) is 0 Å². The average molecular weight is 209 g/mol. The minimum Gasteiger partial charge on any atom is -0.378 e. The summed E-state index contributed by atoms with van der Waals surface area (Å²) in [5.41, 5.74) is 1.08. The monoisotopic (exact) mass is 209 g/mol. The molecule has 15 heavy (non-hydrogen) atoms. The van der Waals surface area contributed by atoms with E-state index in [1.165, 1.54) is 44.9 Å². The standard InChI is InChI=1S/C14H27N/c1-5-6-7-8-9-10-11-12-13-14(2)15(3)4/h12-13H,2,5-11H2,1,3-4H3. The van der Waals surface area contributed by atoms with Crippen LogP contribution in [0.3, 0.4) is 0 Å². The van der Waals surface area contributed by atoms with Crippen LogP contribution in [0, 0.1) is 0 Å². The highest BCUT2D eigenvalue weighted by Crippen LogP contribution is 2.07. The lowest BCUT2D eigenvalue weighted by molar-refractivity contribution is 0.531. The van der Waals surface area contributed by atoms with Gasteiger partial charge in [-0.15, -0.1) is 0 Å². The number of hydrogen-bond acceptors (Lipinski definition) is 1. The second-order valence-corrected chi connectivity index (χ2v) is 4.34. The van der Waals surface area contributed by atoms with E-state index in [9.17, 15) is 0 Å². The number of allylic oxidation sites excluding steroid dienone is 2. The van der Waals surface area contributed by atoms with Crippen molar-refractivity contribution in [1.82, 2.24) is 4.90 Å². The van der Waals surface area contributed by atoms with Crippen LogP contribution in [-0.4, -0.2) is 19.0 Å². The van der Waals surface area contributed by atoms with Crippen molar-refractivity contribution in [3.63, 3.8) is 0 Å². The highest BCUT2D eigenvalue weighted by Gasteiger charge is 1.90. The third-order valence-corrected chi connectivity index (χ3v) is 2.61. The first kappa shape index (κ1) is 14.3. The van der Waals surface area contributed by atoms with Gasteiger partial charge < -0.3 is 4.90 Å². The fraction of sp³-hybridized carbons (Fsp3) is 0.714. The molecule has 0 rings (SSSR count). The number of unbranched alkanes of at least 4 members (excludes halogenated alkanes) is 6. The highest BCUT2D eigenvalue weighted by atomic mass is 15.1. The lowest BCUT2D eigenvalue weighted by Gasteiger charge is -2.10. The van der Waals surface area contributed by atoms with Crippen molar-refractivity contribution in [3.05, 3.63) is 24.4 Å². The summed E-state index contributed by atoms with van der Waals surface area (Å²) in [6.07, 6.45) is 13.8. The zero-order valence-corrected chi connectivity index (χ0v) is 10.8. The molecule has 0 atom stereocenters. The van der Waals surface area contributed by atoms with Crippen LogP contribution >= 0.6 is 0 Å². The Balaban J connectivity index is 3.27. The molecule has 0 N–H and O–H groups in total. The lowest BCUT2D eigenvalue weighted by Crippen LogP contribution is -2.07.